The highest BCUT2D eigenvalue weighted by atomic mass is 16.5. The summed E-state index contributed by atoms with van der Waals surface area (Å²) >= 11 is 0. The summed E-state index contributed by atoms with van der Waals surface area (Å²) in [6, 6.07) is 11.3. The number of fused-ring (bicyclic) bond motifs is 1. The standard InChI is InChI=1S/C18H15N5O3/c24-16-11-26-18-14(22-16)8-12(9-21-18)17(25)20-10-15-19-6-7-23(15)13-4-2-1-3-5-13/h1-9H,10-11H2,(H,20,25)(H,22,24). The van der Waals surface area contributed by atoms with Gasteiger partial charge in [-0.25, -0.2) is 9.97 Å². The quantitative estimate of drug-likeness (QED) is 0.744. The van der Waals surface area contributed by atoms with Gasteiger partial charge >= 0.3 is 0 Å². The van der Waals surface area contributed by atoms with E-state index in [1.165, 1.54) is 6.20 Å². The van der Waals surface area contributed by atoms with Gasteiger partial charge in [0.2, 0.25) is 5.88 Å². The minimum absolute atomic E-state index is 0.0757. The van der Waals surface area contributed by atoms with Crippen molar-refractivity contribution in [2.45, 2.75) is 6.54 Å². The van der Waals surface area contributed by atoms with E-state index in [0.717, 1.165) is 5.69 Å². The van der Waals surface area contributed by atoms with Gasteiger partial charge in [-0.1, -0.05) is 18.2 Å². The summed E-state index contributed by atoms with van der Waals surface area (Å²) in [5.74, 6) is 0.414. The Morgan fingerprint density at radius 2 is 2.12 bits per heavy atom. The van der Waals surface area contributed by atoms with Gasteiger partial charge in [0.25, 0.3) is 11.8 Å². The van der Waals surface area contributed by atoms with Crippen LogP contribution in [0, 0.1) is 0 Å². The lowest BCUT2D eigenvalue weighted by Gasteiger charge is -2.17. The van der Waals surface area contributed by atoms with E-state index in [4.69, 9.17) is 4.74 Å². The molecule has 2 N–H and O–H groups in total. The van der Waals surface area contributed by atoms with E-state index in [0.29, 0.717) is 23.0 Å². The zero-order valence-electron chi connectivity index (χ0n) is 13.7. The Labute approximate surface area is 148 Å². The number of rotatable bonds is 4. The van der Waals surface area contributed by atoms with Crippen molar-refractivity contribution in [2.24, 2.45) is 0 Å². The van der Waals surface area contributed by atoms with Gasteiger partial charge in [-0.05, 0) is 18.2 Å². The third-order valence-electron chi connectivity index (χ3n) is 3.89. The molecule has 0 unspecified atom stereocenters. The molecule has 0 saturated carbocycles. The Morgan fingerprint density at radius 3 is 2.96 bits per heavy atom. The molecule has 4 rings (SSSR count). The average Bonchev–Trinajstić information content (AvgIpc) is 3.15. The molecule has 0 aliphatic carbocycles. The van der Waals surface area contributed by atoms with Crippen molar-refractivity contribution in [3.05, 3.63) is 66.4 Å². The minimum Gasteiger partial charge on any atom is -0.466 e. The van der Waals surface area contributed by atoms with Gasteiger partial charge in [-0.2, -0.15) is 0 Å². The molecule has 0 radical (unpaired) electrons. The third kappa shape index (κ3) is 3.12. The molecule has 1 aromatic carbocycles. The molecule has 1 aliphatic rings. The number of carbonyl (C=O) groups excluding carboxylic acids is 2. The first-order valence-electron chi connectivity index (χ1n) is 7.99. The van der Waals surface area contributed by atoms with Crippen LogP contribution in [0.4, 0.5) is 5.69 Å². The molecule has 1 aliphatic heterocycles. The Bertz CT molecular complexity index is 968. The van der Waals surface area contributed by atoms with Crippen LogP contribution in [-0.2, 0) is 11.3 Å². The second kappa shape index (κ2) is 6.67. The van der Waals surface area contributed by atoms with Gasteiger partial charge < -0.3 is 19.9 Å². The SMILES string of the molecule is O=C1COc2ncc(C(=O)NCc3nccn3-c3ccccc3)cc2N1. The predicted molar refractivity (Wildman–Crippen MR) is 93.1 cm³/mol. The lowest BCUT2D eigenvalue weighted by Crippen LogP contribution is -2.28. The number of aromatic nitrogens is 3. The van der Waals surface area contributed by atoms with Crippen LogP contribution in [0.1, 0.15) is 16.2 Å². The number of imidazole rings is 1. The molecule has 0 spiro atoms. The fourth-order valence-corrected chi connectivity index (χ4v) is 2.65. The van der Waals surface area contributed by atoms with Gasteiger partial charge in [-0.3, -0.25) is 9.59 Å². The van der Waals surface area contributed by atoms with Crippen LogP contribution >= 0.6 is 0 Å². The molecule has 8 nitrogen and oxygen atoms in total. The average molecular weight is 349 g/mol. The maximum Gasteiger partial charge on any atom is 0.262 e. The summed E-state index contributed by atoms with van der Waals surface area (Å²) < 4.78 is 7.09. The number of benzene rings is 1. The van der Waals surface area contributed by atoms with E-state index in [2.05, 4.69) is 20.6 Å². The second-order valence-electron chi connectivity index (χ2n) is 5.65. The number of ether oxygens (including phenoxy) is 1. The zero-order chi connectivity index (χ0) is 17.9. The number of hydrogen-bond donors (Lipinski definition) is 2. The van der Waals surface area contributed by atoms with Crippen LogP contribution in [0.3, 0.4) is 0 Å². The van der Waals surface area contributed by atoms with Crippen molar-refractivity contribution >= 4 is 17.5 Å². The number of amides is 2. The summed E-state index contributed by atoms with van der Waals surface area (Å²) in [5, 5.41) is 5.45. The highest BCUT2D eigenvalue weighted by molar-refractivity contribution is 5.99. The van der Waals surface area contributed by atoms with Crippen molar-refractivity contribution in [2.75, 3.05) is 11.9 Å². The van der Waals surface area contributed by atoms with Gasteiger partial charge in [-0.15, -0.1) is 0 Å². The first kappa shape index (κ1) is 15.8. The number of nitrogens with zero attached hydrogens (tertiary/aromatic N) is 3. The molecule has 0 bridgehead atoms. The monoisotopic (exact) mass is 349 g/mol. The fraction of sp³-hybridized carbons (Fsp3) is 0.111. The van der Waals surface area contributed by atoms with Gasteiger partial charge in [0.1, 0.15) is 11.5 Å². The van der Waals surface area contributed by atoms with Gasteiger partial charge in [0.15, 0.2) is 6.61 Å². The van der Waals surface area contributed by atoms with E-state index in [1.807, 2.05) is 41.1 Å². The van der Waals surface area contributed by atoms with E-state index in [9.17, 15) is 9.59 Å². The summed E-state index contributed by atoms with van der Waals surface area (Å²) in [6.07, 6.45) is 4.93. The first-order chi connectivity index (χ1) is 12.7. The number of anilines is 1. The first-order valence-corrected chi connectivity index (χ1v) is 7.99. The summed E-state index contributed by atoms with van der Waals surface area (Å²) in [5.41, 5.74) is 1.68. The molecule has 26 heavy (non-hydrogen) atoms. The smallest absolute Gasteiger partial charge is 0.262 e. The Hall–Kier alpha value is -3.68. The Kier molecular flexibility index (Phi) is 4.06. The molecule has 3 aromatic rings. The molecular weight excluding hydrogens is 334 g/mol. The lowest BCUT2D eigenvalue weighted by molar-refractivity contribution is -0.118. The van der Waals surface area contributed by atoms with Crippen molar-refractivity contribution in [1.82, 2.24) is 19.9 Å². The van der Waals surface area contributed by atoms with Crippen LogP contribution in [0.2, 0.25) is 0 Å². The van der Waals surface area contributed by atoms with Crippen molar-refractivity contribution in [1.29, 1.82) is 0 Å². The van der Waals surface area contributed by atoms with E-state index in [-0.39, 0.29) is 25.0 Å². The predicted octanol–water partition coefficient (Wildman–Crippen LogP) is 1.53. The van der Waals surface area contributed by atoms with E-state index < -0.39 is 0 Å². The topological polar surface area (TPSA) is 98.1 Å². The molecule has 3 heterocycles. The third-order valence-corrected chi connectivity index (χ3v) is 3.89. The summed E-state index contributed by atoms with van der Waals surface area (Å²) in [4.78, 5) is 32.2. The highest BCUT2D eigenvalue weighted by Gasteiger charge is 2.19. The number of nitrogens with one attached hydrogen (secondary N) is 2. The zero-order valence-corrected chi connectivity index (χ0v) is 13.7. The van der Waals surface area contributed by atoms with Crippen LogP contribution in [0.15, 0.2) is 55.0 Å². The largest absolute Gasteiger partial charge is 0.466 e. The van der Waals surface area contributed by atoms with Crippen LogP contribution in [-0.4, -0.2) is 33.0 Å². The molecule has 0 saturated heterocycles. The number of hydrogen-bond acceptors (Lipinski definition) is 5. The van der Waals surface area contributed by atoms with Crippen LogP contribution in [0.25, 0.3) is 5.69 Å². The lowest BCUT2D eigenvalue weighted by atomic mass is 10.2. The summed E-state index contributed by atoms with van der Waals surface area (Å²) in [7, 11) is 0. The maximum atomic E-state index is 12.4. The molecule has 2 aromatic heterocycles. The number of pyridine rings is 1. The number of carbonyl (C=O) groups is 2. The second-order valence-corrected chi connectivity index (χ2v) is 5.65. The van der Waals surface area contributed by atoms with Gasteiger partial charge in [0, 0.05) is 24.3 Å². The molecule has 0 fully saturated rings. The van der Waals surface area contributed by atoms with E-state index >= 15 is 0 Å². The molecular formula is C18H15N5O3. The van der Waals surface area contributed by atoms with Crippen molar-refractivity contribution in [3.63, 3.8) is 0 Å². The highest BCUT2D eigenvalue weighted by Crippen LogP contribution is 2.25. The molecule has 2 amide bonds. The van der Waals surface area contributed by atoms with Crippen molar-refractivity contribution in [3.8, 4) is 11.6 Å². The minimum atomic E-state index is -0.317. The van der Waals surface area contributed by atoms with Crippen LogP contribution < -0.4 is 15.4 Å². The molecule has 8 heteroatoms. The van der Waals surface area contributed by atoms with E-state index in [1.54, 1.807) is 12.3 Å². The van der Waals surface area contributed by atoms with Crippen molar-refractivity contribution < 1.29 is 14.3 Å². The van der Waals surface area contributed by atoms with Gasteiger partial charge in [0.05, 0.1) is 12.1 Å². The fourth-order valence-electron chi connectivity index (χ4n) is 2.65. The Balaban J connectivity index is 1.48. The van der Waals surface area contributed by atoms with Crippen LogP contribution in [0.5, 0.6) is 5.88 Å². The summed E-state index contributed by atoms with van der Waals surface area (Å²) in [6.45, 7) is 0.175. The molecule has 0 atom stereocenters. The normalized spacial score (nSPS) is 12.7. The Morgan fingerprint density at radius 1 is 1.27 bits per heavy atom. The molecule has 130 valence electrons. The maximum absolute atomic E-state index is 12.4. The number of para-hydroxylation sites is 1.